The van der Waals surface area contributed by atoms with Crippen LogP contribution in [0.1, 0.15) is 18.1 Å². The maximum absolute atomic E-state index is 11.3. The van der Waals surface area contributed by atoms with Crippen molar-refractivity contribution in [2.75, 3.05) is 5.32 Å². The van der Waals surface area contributed by atoms with E-state index >= 15 is 0 Å². The molecule has 5 heteroatoms. The second-order valence-corrected chi connectivity index (χ2v) is 3.50. The summed E-state index contributed by atoms with van der Waals surface area (Å²) in [7, 11) is 0. The highest BCUT2D eigenvalue weighted by molar-refractivity contribution is 6.01. The lowest BCUT2D eigenvalue weighted by Crippen LogP contribution is -2.38. The van der Waals surface area contributed by atoms with Crippen LogP contribution in [-0.2, 0) is 6.42 Å². The van der Waals surface area contributed by atoms with Crippen LogP contribution in [0.5, 0.6) is 0 Å². The van der Waals surface area contributed by atoms with Crippen molar-refractivity contribution >= 4 is 17.7 Å². The summed E-state index contributed by atoms with van der Waals surface area (Å²) in [6.07, 6.45) is 0.959. The zero-order valence-corrected chi connectivity index (χ0v) is 9.42. The molecule has 0 saturated heterocycles. The lowest BCUT2D eigenvalue weighted by molar-refractivity contribution is 0.256. The van der Waals surface area contributed by atoms with Crippen molar-refractivity contribution in [1.82, 2.24) is 5.32 Å². The first kappa shape index (κ1) is 12.0. The Kier molecular flexibility index (Phi) is 3.88. The molecule has 0 heterocycles. The van der Waals surface area contributed by atoms with Gasteiger partial charge in [0.05, 0.1) is 0 Å². The predicted molar refractivity (Wildman–Crippen MR) is 64.6 cm³/mol. The number of carbonyl (C=O) groups excluding carboxylic acids is 1. The zero-order chi connectivity index (χ0) is 12.1. The topological polar surface area (TPSA) is 91.0 Å². The van der Waals surface area contributed by atoms with E-state index < -0.39 is 6.03 Å². The van der Waals surface area contributed by atoms with Crippen LogP contribution in [0.4, 0.5) is 10.5 Å². The number of anilines is 1. The van der Waals surface area contributed by atoms with E-state index in [0.717, 1.165) is 17.7 Å². The smallest absolute Gasteiger partial charge is 0.325 e. The number of amides is 2. The molecule has 0 atom stereocenters. The van der Waals surface area contributed by atoms with Gasteiger partial charge in [-0.2, -0.15) is 0 Å². The number of guanidine groups is 1. The Morgan fingerprint density at radius 2 is 2.19 bits per heavy atom. The number of benzene rings is 1. The summed E-state index contributed by atoms with van der Waals surface area (Å²) in [6, 6.07) is 5.31. The Bertz CT molecular complexity index is 414. The van der Waals surface area contributed by atoms with Crippen LogP contribution in [0.3, 0.4) is 0 Å². The molecule has 5 nitrogen and oxygen atoms in total. The minimum absolute atomic E-state index is 0.375. The van der Waals surface area contributed by atoms with E-state index in [9.17, 15) is 4.79 Å². The average molecular weight is 220 g/mol. The minimum atomic E-state index is -0.500. The monoisotopic (exact) mass is 220 g/mol. The standard InChI is InChI=1S/C11H16N4O/c1-3-8-4-5-9(7(2)6-8)14-11(16)15-10(12)13/h4-6H,3H2,1-2H3,(H5,12,13,14,15,16). The van der Waals surface area contributed by atoms with Crippen LogP contribution in [0.2, 0.25) is 0 Å². The summed E-state index contributed by atoms with van der Waals surface area (Å²) in [5.74, 6) is -0.375. The van der Waals surface area contributed by atoms with Crippen LogP contribution in [-0.4, -0.2) is 12.0 Å². The van der Waals surface area contributed by atoms with Gasteiger partial charge in [0.15, 0.2) is 5.96 Å². The zero-order valence-electron chi connectivity index (χ0n) is 9.42. The van der Waals surface area contributed by atoms with E-state index in [4.69, 9.17) is 11.1 Å². The van der Waals surface area contributed by atoms with Crippen molar-refractivity contribution in [1.29, 1.82) is 5.41 Å². The SMILES string of the molecule is CCc1ccc(NC(=O)NC(=N)N)c(C)c1. The van der Waals surface area contributed by atoms with Crippen LogP contribution < -0.4 is 16.4 Å². The van der Waals surface area contributed by atoms with Crippen LogP contribution in [0.25, 0.3) is 0 Å². The first-order valence-corrected chi connectivity index (χ1v) is 5.04. The Morgan fingerprint density at radius 3 is 2.69 bits per heavy atom. The van der Waals surface area contributed by atoms with E-state index in [1.807, 2.05) is 25.1 Å². The van der Waals surface area contributed by atoms with Crippen molar-refractivity contribution in [2.24, 2.45) is 5.73 Å². The summed E-state index contributed by atoms with van der Waals surface area (Å²) in [5.41, 5.74) is 7.96. The molecule has 86 valence electrons. The molecule has 0 aliphatic carbocycles. The lowest BCUT2D eigenvalue weighted by atomic mass is 10.1. The van der Waals surface area contributed by atoms with Gasteiger partial charge in [-0.3, -0.25) is 10.7 Å². The molecule has 0 fully saturated rings. The number of nitrogens with one attached hydrogen (secondary N) is 3. The molecule has 0 radical (unpaired) electrons. The molecule has 0 aliphatic heterocycles. The van der Waals surface area contributed by atoms with E-state index in [0.29, 0.717) is 0 Å². The lowest BCUT2D eigenvalue weighted by Gasteiger charge is -2.09. The van der Waals surface area contributed by atoms with Gasteiger partial charge in [-0.05, 0) is 30.5 Å². The molecule has 1 aromatic rings. The molecule has 1 rings (SSSR count). The van der Waals surface area contributed by atoms with Gasteiger partial charge in [0.25, 0.3) is 0 Å². The number of hydrogen-bond acceptors (Lipinski definition) is 2. The molecular weight excluding hydrogens is 204 g/mol. The summed E-state index contributed by atoms with van der Waals surface area (Å²) in [5, 5.41) is 11.7. The van der Waals surface area contributed by atoms with Crippen LogP contribution in [0, 0.1) is 12.3 Å². The third kappa shape index (κ3) is 3.27. The van der Waals surface area contributed by atoms with Crippen molar-refractivity contribution in [3.05, 3.63) is 29.3 Å². The molecule has 5 N–H and O–H groups in total. The van der Waals surface area contributed by atoms with Gasteiger partial charge in [0.1, 0.15) is 0 Å². The molecule has 0 bridgehead atoms. The number of hydrogen-bond donors (Lipinski definition) is 4. The largest absolute Gasteiger partial charge is 0.370 e. The van der Waals surface area contributed by atoms with Crippen LogP contribution >= 0.6 is 0 Å². The molecular formula is C11H16N4O. The van der Waals surface area contributed by atoms with Gasteiger partial charge in [-0.25, -0.2) is 4.79 Å². The van der Waals surface area contributed by atoms with Crippen LogP contribution in [0.15, 0.2) is 18.2 Å². The molecule has 0 unspecified atom stereocenters. The molecule has 1 aromatic carbocycles. The van der Waals surface area contributed by atoms with Crippen molar-refractivity contribution in [3.63, 3.8) is 0 Å². The molecule has 0 spiro atoms. The average Bonchev–Trinajstić information content (AvgIpc) is 2.19. The van der Waals surface area contributed by atoms with E-state index in [2.05, 4.69) is 17.6 Å². The van der Waals surface area contributed by atoms with Crippen molar-refractivity contribution in [3.8, 4) is 0 Å². The van der Waals surface area contributed by atoms with Gasteiger partial charge < -0.3 is 11.1 Å². The highest BCUT2D eigenvalue weighted by atomic mass is 16.2. The summed E-state index contributed by atoms with van der Waals surface area (Å²) >= 11 is 0. The summed E-state index contributed by atoms with van der Waals surface area (Å²) in [4.78, 5) is 11.3. The quantitative estimate of drug-likeness (QED) is 0.450. The third-order valence-electron chi connectivity index (χ3n) is 2.20. The van der Waals surface area contributed by atoms with E-state index in [1.54, 1.807) is 0 Å². The van der Waals surface area contributed by atoms with Gasteiger partial charge >= 0.3 is 6.03 Å². The number of nitrogens with two attached hydrogens (primary N) is 1. The Morgan fingerprint density at radius 1 is 1.50 bits per heavy atom. The van der Waals surface area contributed by atoms with E-state index in [-0.39, 0.29) is 5.96 Å². The highest BCUT2D eigenvalue weighted by Gasteiger charge is 2.04. The van der Waals surface area contributed by atoms with Gasteiger partial charge in [-0.15, -0.1) is 0 Å². The molecule has 16 heavy (non-hydrogen) atoms. The fraction of sp³-hybridized carbons (Fsp3) is 0.273. The molecule has 0 saturated carbocycles. The normalized spacial score (nSPS) is 9.62. The van der Waals surface area contributed by atoms with E-state index in [1.165, 1.54) is 5.56 Å². The second kappa shape index (κ2) is 5.16. The molecule has 0 aliphatic rings. The van der Waals surface area contributed by atoms with Gasteiger partial charge in [0.2, 0.25) is 0 Å². The maximum atomic E-state index is 11.3. The number of urea groups is 1. The first-order chi connectivity index (χ1) is 7.52. The Balaban J connectivity index is 2.74. The fourth-order valence-corrected chi connectivity index (χ4v) is 1.36. The maximum Gasteiger partial charge on any atom is 0.325 e. The highest BCUT2D eigenvalue weighted by Crippen LogP contribution is 2.16. The molecule has 2 amide bonds. The first-order valence-electron chi connectivity index (χ1n) is 5.04. The Hall–Kier alpha value is -2.04. The summed E-state index contributed by atoms with van der Waals surface area (Å²) < 4.78 is 0. The number of aryl methyl sites for hydroxylation is 2. The number of rotatable bonds is 2. The van der Waals surface area contributed by atoms with Gasteiger partial charge in [-0.1, -0.05) is 19.1 Å². The Labute approximate surface area is 94.5 Å². The fourth-order valence-electron chi connectivity index (χ4n) is 1.36. The number of carbonyl (C=O) groups is 1. The minimum Gasteiger partial charge on any atom is -0.370 e. The third-order valence-corrected chi connectivity index (χ3v) is 2.20. The van der Waals surface area contributed by atoms with Crippen molar-refractivity contribution < 1.29 is 4.79 Å². The molecule has 0 aromatic heterocycles. The second-order valence-electron chi connectivity index (χ2n) is 3.50. The predicted octanol–water partition coefficient (Wildman–Crippen LogP) is 1.57. The summed E-state index contributed by atoms with van der Waals surface area (Å²) in [6.45, 7) is 3.99. The van der Waals surface area contributed by atoms with Crippen molar-refractivity contribution in [2.45, 2.75) is 20.3 Å². The van der Waals surface area contributed by atoms with Gasteiger partial charge in [0, 0.05) is 5.69 Å².